The van der Waals surface area contributed by atoms with E-state index in [9.17, 15) is 19.8 Å². The van der Waals surface area contributed by atoms with E-state index in [-0.39, 0.29) is 12.1 Å². The summed E-state index contributed by atoms with van der Waals surface area (Å²) in [4.78, 5) is 29.6. The van der Waals surface area contributed by atoms with Crippen molar-refractivity contribution in [1.82, 2.24) is 4.98 Å². The summed E-state index contributed by atoms with van der Waals surface area (Å²) < 4.78 is 5.33. The Morgan fingerprint density at radius 1 is 1.17 bits per heavy atom. The SMILES string of the molecule is CC(C)(C)OC(=O)c1ccc(NC(=O)C2(O)CC(O)c3cc(-c4cc(Cl)ccc4N)cnc32)cc1. The van der Waals surface area contributed by atoms with Crippen molar-refractivity contribution in [2.75, 3.05) is 11.1 Å². The molecule has 0 radical (unpaired) electrons. The van der Waals surface area contributed by atoms with Gasteiger partial charge in [0.1, 0.15) is 5.60 Å². The molecule has 1 aromatic heterocycles. The number of aliphatic hydroxyl groups is 2. The molecule has 182 valence electrons. The average molecular weight is 496 g/mol. The van der Waals surface area contributed by atoms with E-state index >= 15 is 0 Å². The average Bonchev–Trinajstić information content (AvgIpc) is 3.05. The summed E-state index contributed by atoms with van der Waals surface area (Å²) in [5.41, 5.74) is 6.18. The van der Waals surface area contributed by atoms with Crippen molar-refractivity contribution < 1.29 is 24.5 Å². The van der Waals surface area contributed by atoms with Crippen LogP contribution in [0.2, 0.25) is 5.02 Å². The van der Waals surface area contributed by atoms with Gasteiger partial charge in [-0.2, -0.15) is 0 Å². The van der Waals surface area contributed by atoms with Crippen molar-refractivity contribution in [3.05, 3.63) is 76.6 Å². The van der Waals surface area contributed by atoms with Crippen LogP contribution in [0.4, 0.5) is 11.4 Å². The van der Waals surface area contributed by atoms with Gasteiger partial charge in [0.25, 0.3) is 5.91 Å². The first-order chi connectivity index (χ1) is 16.4. The van der Waals surface area contributed by atoms with Crippen LogP contribution in [0.25, 0.3) is 11.1 Å². The smallest absolute Gasteiger partial charge is 0.338 e. The zero-order valence-electron chi connectivity index (χ0n) is 19.5. The van der Waals surface area contributed by atoms with Crippen LogP contribution in [-0.2, 0) is 15.1 Å². The number of ether oxygens (including phenoxy) is 1. The van der Waals surface area contributed by atoms with Crippen molar-refractivity contribution in [1.29, 1.82) is 0 Å². The molecule has 0 saturated heterocycles. The molecule has 0 bridgehead atoms. The Labute approximate surface area is 207 Å². The summed E-state index contributed by atoms with van der Waals surface area (Å²) in [7, 11) is 0. The number of nitrogen functional groups attached to an aromatic ring is 1. The molecule has 1 aliphatic carbocycles. The molecule has 1 heterocycles. The number of nitrogens with zero attached hydrogens (tertiary/aromatic N) is 1. The van der Waals surface area contributed by atoms with E-state index in [2.05, 4.69) is 10.3 Å². The normalized spacial score (nSPS) is 19.2. The van der Waals surface area contributed by atoms with Gasteiger partial charge in [0.05, 0.1) is 17.4 Å². The second kappa shape index (κ2) is 8.96. The van der Waals surface area contributed by atoms with Gasteiger partial charge in [-0.25, -0.2) is 4.79 Å². The minimum Gasteiger partial charge on any atom is -0.456 e. The molecule has 0 saturated carbocycles. The number of aliphatic hydroxyl groups excluding tert-OH is 1. The summed E-state index contributed by atoms with van der Waals surface area (Å²) in [5.74, 6) is -1.23. The number of hydrogen-bond donors (Lipinski definition) is 4. The van der Waals surface area contributed by atoms with E-state index in [1.807, 2.05) is 0 Å². The van der Waals surface area contributed by atoms with Crippen molar-refractivity contribution in [3.63, 3.8) is 0 Å². The fourth-order valence-corrected chi connectivity index (χ4v) is 4.13. The van der Waals surface area contributed by atoms with Crippen molar-refractivity contribution in [3.8, 4) is 11.1 Å². The van der Waals surface area contributed by atoms with Crippen LogP contribution in [0.3, 0.4) is 0 Å². The first kappa shape index (κ1) is 24.7. The lowest BCUT2D eigenvalue weighted by atomic mass is 9.98. The molecule has 9 heteroatoms. The fraction of sp³-hybridized carbons (Fsp3) is 0.269. The van der Waals surface area contributed by atoms with Gasteiger partial charge in [-0.3, -0.25) is 9.78 Å². The number of esters is 1. The first-order valence-corrected chi connectivity index (χ1v) is 11.4. The Bertz CT molecular complexity index is 1300. The van der Waals surface area contributed by atoms with E-state index in [1.165, 1.54) is 30.5 Å². The van der Waals surface area contributed by atoms with Gasteiger partial charge >= 0.3 is 5.97 Å². The Balaban J connectivity index is 1.56. The Kier molecular flexibility index (Phi) is 6.31. The third-order valence-electron chi connectivity index (χ3n) is 5.64. The highest BCUT2D eigenvalue weighted by atomic mass is 35.5. The highest BCUT2D eigenvalue weighted by Gasteiger charge is 2.49. The number of halogens is 1. The molecule has 4 rings (SSSR count). The number of fused-ring (bicyclic) bond motifs is 1. The van der Waals surface area contributed by atoms with Crippen LogP contribution in [0.15, 0.2) is 54.7 Å². The van der Waals surface area contributed by atoms with Crippen molar-refractivity contribution >= 4 is 34.9 Å². The van der Waals surface area contributed by atoms with Gasteiger partial charge in [0.2, 0.25) is 0 Å². The summed E-state index contributed by atoms with van der Waals surface area (Å²) in [6, 6.07) is 12.8. The number of hydrogen-bond acceptors (Lipinski definition) is 7. The number of nitrogens with two attached hydrogens (primary N) is 1. The van der Waals surface area contributed by atoms with E-state index in [4.69, 9.17) is 22.1 Å². The van der Waals surface area contributed by atoms with Gasteiger partial charge < -0.3 is 26.0 Å². The van der Waals surface area contributed by atoms with Crippen LogP contribution in [-0.4, -0.2) is 32.7 Å². The number of carbonyl (C=O) groups is 2. The molecule has 3 aromatic rings. The maximum absolute atomic E-state index is 13.1. The van der Waals surface area contributed by atoms with E-state index in [0.29, 0.717) is 38.7 Å². The van der Waals surface area contributed by atoms with E-state index in [0.717, 1.165) is 0 Å². The molecule has 5 N–H and O–H groups in total. The van der Waals surface area contributed by atoms with Crippen molar-refractivity contribution in [2.24, 2.45) is 0 Å². The monoisotopic (exact) mass is 495 g/mol. The van der Waals surface area contributed by atoms with Crippen LogP contribution >= 0.6 is 11.6 Å². The van der Waals surface area contributed by atoms with Crippen LogP contribution in [0.5, 0.6) is 0 Å². The zero-order valence-corrected chi connectivity index (χ0v) is 20.3. The molecule has 0 spiro atoms. The third kappa shape index (κ3) is 5.00. The lowest BCUT2D eigenvalue weighted by molar-refractivity contribution is -0.137. The first-order valence-electron chi connectivity index (χ1n) is 11.0. The number of anilines is 2. The summed E-state index contributed by atoms with van der Waals surface area (Å²) in [6.45, 7) is 5.32. The second-order valence-electron chi connectivity index (χ2n) is 9.51. The third-order valence-corrected chi connectivity index (χ3v) is 5.87. The number of pyridine rings is 1. The van der Waals surface area contributed by atoms with Gasteiger partial charge in [0, 0.05) is 45.7 Å². The molecule has 2 aromatic carbocycles. The Morgan fingerprint density at radius 3 is 2.51 bits per heavy atom. The number of amides is 1. The molecular weight excluding hydrogens is 470 g/mol. The number of rotatable bonds is 4. The lowest BCUT2D eigenvalue weighted by Gasteiger charge is -2.22. The summed E-state index contributed by atoms with van der Waals surface area (Å²) >= 11 is 6.09. The van der Waals surface area contributed by atoms with Crippen LogP contribution in [0, 0.1) is 0 Å². The molecule has 0 aliphatic heterocycles. The quantitative estimate of drug-likeness (QED) is 0.314. The highest BCUT2D eigenvalue weighted by molar-refractivity contribution is 6.31. The van der Waals surface area contributed by atoms with Crippen LogP contribution < -0.4 is 11.1 Å². The fourth-order valence-electron chi connectivity index (χ4n) is 3.95. The molecule has 0 fully saturated rings. The predicted molar refractivity (Wildman–Crippen MR) is 133 cm³/mol. The molecule has 1 amide bonds. The summed E-state index contributed by atoms with van der Waals surface area (Å²) in [5, 5.41) is 25.0. The predicted octanol–water partition coefficient (Wildman–Crippen LogP) is 4.20. The second-order valence-corrected chi connectivity index (χ2v) is 9.94. The zero-order chi connectivity index (χ0) is 25.5. The van der Waals surface area contributed by atoms with Gasteiger partial charge in [-0.05, 0) is 69.3 Å². The maximum atomic E-state index is 13.1. The molecular formula is C26H26ClN3O5. The maximum Gasteiger partial charge on any atom is 0.338 e. The standard InChI is InChI=1S/C26H26ClN3O5/c1-25(2,3)35-23(32)14-4-7-17(8-5-14)30-24(33)26(34)12-21(31)19-10-15(13-29-22(19)26)18-11-16(27)6-9-20(18)28/h4-11,13,21,31,34H,12,28H2,1-3H3,(H,30,33). The van der Waals surface area contributed by atoms with E-state index in [1.54, 1.807) is 45.0 Å². The molecule has 2 atom stereocenters. The Hall–Kier alpha value is -3.46. The molecule has 1 aliphatic rings. The lowest BCUT2D eigenvalue weighted by Crippen LogP contribution is -2.39. The van der Waals surface area contributed by atoms with E-state index < -0.39 is 29.2 Å². The minimum atomic E-state index is -2.04. The number of carbonyl (C=O) groups excluding carboxylic acids is 2. The summed E-state index contributed by atoms with van der Waals surface area (Å²) in [6.07, 6.45) is 0.112. The minimum absolute atomic E-state index is 0.0669. The number of benzene rings is 2. The van der Waals surface area contributed by atoms with Gasteiger partial charge in [-0.1, -0.05) is 11.6 Å². The Morgan fingerprint density at radius 2 is 1.86 bits per heavy atom. The van der Waals surface area contributed by atoms with Crippen LogP contribution in [0.1, 0.15) is 54.9 Å². The number of nitrogens with one attached hydrogen (secondary N) is 1. The molecule has 2 unspecified atom stereocenters. The number of aromatic nitrogens is 1. The largest absolute Gasteiger partial charge is 0.456 e. The van der Waals surface area contributed by atoms with Gasteiger partial charge in [-0.15, -0.1) is 0 Å². The topological polar surface area (TPSA) is 135 Å². The van der Waals surface area contributed by atoms with Gasteiger partial charge in [0.15, 0.2) is 5.60 Å². The molecule has 8 nitrogen and oxygen atoms in total. The van der Waals surface area contributed by atoms with Crippen molar-refractivity contribution in [2.45, 2.75) is 44.5 Å². The molecule has 35 heavy (non-hydrogen) atoms. The highest BCUT2D eigenvalue weighted by Crippen LogP contribution is 2.44.